The van der Waals surface area contributed by atoms with Crippen molar-refractivity contribution in [1.82, 2.24) is 9.88 Å². The number of pyridine rings is 1. The summed E-state index contributed by atoms with van der Waals surface area (Å²) in [4.78, 5) is 41.6. The van der Waals surface area contributed by atoms with E-state index in [1.54, 1.807) is 47.6 Å². The van der Waals surface area contributed by atoms with Crippen LogP contribution in [0, 0.1) is 0 Å². The van der Waals surface area contributed by atoms with E-state index in [1.165, 1.54) is 6.07 Å². The van der Waals surface area contributed by atoms with E-state index in [2.05, 4.69) is 4.98 Å². The number of amides is 1. The molecule has 31 heavy (non-hydrogen) atoms. The van der Waals surface area contributed by atoms with Crippen molar-refractivity contribution < 1.29 is 18.7 Å². The number of esters is 1. The first kappa shape index (κ1) is 20.2. The lowest BCUT2D eigenvalue weighted by Gasteiger charge is -2.22. The number of para-hydroxylation sites is 1. The maximum Gasteiger partial charge on any atom is 0.339 e. The minimum absolute atomic E-state index is 0.118. The first-order valence-corrected chi connectivity index (χ1v) is 9.73. The van der Waals surface area contributed by atoms with E-state index >= 15 is 0 Å². The molecule has 0 saturated carbocycles. The number of fused-ring (bicyclic) bond motifs is 1. The van der Waals surface area contributed by atoms with Gasteiger partial charge in [0.05, 0.1) is 18.4 Å². The van der Waals surface area contributed by atoms with E-state index in [0.29, 0.717) is 23.2 Å². The predicted molar refractivity (Wildman–Crippen MR) is 114 cm³/mol. The van der Waals surface area contributed by atoms with Crippen LogP contribution in [0.2, 0.25) is 0 Å². The fraction of sp³-hybridized carbons (Fsp3) is 0.125. The second-order valence-corrected chi connectivity index (χ2v) is 6.98. The molecule has 4 aromatic rings. The van der Waals surface area contributed by atoms with Gasteiger partial charge in [-0.2, -0.15) is 0 Å². The quantitative estimate of drug-likeness (QED) is 0.466. The van der Waals surface area contributed by atoms with Crippen molar-refractivity contribution in [3.63, 3.8) is 0 Å². The molecule has 0 atom stereocenters. The Kier molecular flexibility index (Phi) is 5.93. The van der Waals surface area contributed by atoms with Crippen molar-refractivity contribution in [1.29, 1.82) is 0 Å². The molecule has 0 radical (unpaired) electrons. The fourth-order valence-electron chi connectivity index (χ4n) is 3.30. The summed E-state index contributed by atoms with van der Waals surface area (Å²) in [6, 6.07) is 21.1. The number of rotatable bonds is 7. The Morgan fingerprint density at radius 2 is 1.71 bits per heavy atom. The maximum atomic E-state index is 12.9. The number of aromatic amines is 1. The highest BCUT2D eigenvalue weighted by molar-refractivity contribution is 6.03. The third-order valence-corrected chi connectivity index (χ3v) is 4.79. The number of carbonyl (C=O) groups excluding carboxylic acids is 2. The summed E-state index contributed by atoms with van der Waals surface area (Å²) in [5.74, 6) is -0.479. The van der Waals surface area contributed by atoms with E-state index in [0.717, 1.165) is 5.56 Å². The molecule has 4 rings (SSSR count). The molecule has 1 amide bonds. The van der Waals surface area contributed by atoms with E-state index < -0.39 is 18.1 Å². The van der Waals surface area contributed by atoms with Crippen molar-refractivity contribution >= 4 is 22.8 Å². The molecule has 2 aromatic carbocycles. The van der Waals surface area contributed by atoms with Gasteiger partial charge in [0.15, 0.2) is 6.61 Å². The summed E-state index contributed by atoms with van der Waals surface area (Å²) in [5.41, 5.74) is 1.17. The SMILES string of the molecule is O=C(OCC(=O)N(Cc1ccccc1)Cc1ccco1)c1cc(=O)[nH]c2ccccc12. The van der Waals surface area contributed by atoms with Crippen LogP contribution in [-0.4, -0.2) is 28.4 Å². The van der Waals surface area contributed by atoms with Crippen LogP contribution in [0.5, 0.6) is 0 Å². The van der Waals surface area contributed by atoms with Crippen LogP contribution < -0.4 is 5.56 Å². The third-order valence-electron chi connectivity index (χ3n) is 4.79. The van der Waals surface area contributed by atoms with Crippen LogP contribution in [0.15, 0.2) is 88.3 Å². The monoisotopic (exact) mass is 416 g/mol. The van der Waals surface area contributed by atoms with Gasteiger partial charge in [-0.25, -0.2) is 4.79 Å². The molecular formula is C24H20N2O5. The minimum atomic E-state index is -0.728. The summed E-state index contributed by atoms with van der Waals surface area (Å²) in [6.45, 7) is 0.131. The van der Waals surface area contributed by atoms with Crippen molar-refractivity contribution in [2.45, 2.75) is 13.1 Å². The van der Waals surface area contributed by atoms with E-state index in [9.17, 15) is 14.4 Å². The molecule has 0 fully saturated rings. The largest absolute Gasteiger partial charge is 0.467 e. The molecule has 7 heteroatoms. The molecule has 0 unspecified atom stereocenters. The minimum Gasteiger partial charge on any atom is -0.467 e. The number of H-pyrrole nitrogens is 1. The molecule has 0 aliphatic rings. The second kappa shape index (κ2) is 9.13. The summed E-state index contributed by atoms with van der Waals surface area (Å²) in [5, 5.41) is 0.552. The van der Waals surface area contributed by atoms with Crippen LogP contribution in [0.4, 0.5) is 0 Å². The Balaban J connectivity index is 1.49. The highest BCUT2D eigenvalue weighted by Gasteiger charge is 2.20. The number of nitrogens with one attached hydrogen (secondary N) is 1. The smallest absolute Gasteiger partial charge is 0.339 e. The molecule has 2 heterocycles. The summed E-state index contributed by atoms with van der Waals surface area (Å²) in [6.07, 6.45) is 1.54. The number of hydrogen-bond acceptors (Lipinski definition) is 5. The lowest BCUT2D eigenvalue weighted by molar-refractivity contribution is -0.136. The number of hydrogen-bond donors (Lipinski definition) is 1. The highest BCUT2D eigenvalue weighted by Crippen LogP contribution is 2.16. The molecule has 1 N–H and O–H groups in total. The van der Waals surface area contributed by atoms with Gasteiger partial charge in [0.25, 0.3) is 5.91 Å². The standard InChI is InChI=1S/C24H20N2O5/c27-22-13-20(19-10-4-5-11-21(19)25-22)24(29)31-16-23(28)26(15-18-9-6-12-30-18)14-17-7-2-1-3-8-17/h1-13H,14-16H2,(H,25,27). The van der Waals surface area contributed by atoms with Gasteiger partial charge in [0.2, 0.25) is 5.56 Å². The van der Waals surface area contributed by atoms with Crippen LogP contribution in [-0.2, 0) is 22.6 Å². The number of nitrogens with zero attached hydrogens (tertiary/aromatic N) is 1. The fourth-order valence-corrected chi connectivity index (χ4v) is 3.30. The zero-order valence-corrected chi connectivity index (χ0v) is 16.6. The van der Waals surface area contributed by atoms with Gasteiger partial charge in [-0.3, -0.25) is 9.59 Å². The average molecular weight is 416 g/mol. The van der Waals surface area contributed by atoms with Gasteiger partial charge in [0, 0.05) is 23.5 Å². The Morgan fingerprint density at radius 1 is 0.935 bits per heavy atom. The molecular weight excluding hydrogens is 396 g/mol. The van der Waals surface area contributed by atoms with E-state index in [1.807, 2.05) is 30.3 Å². The van der Waals surface area contributed by atoms with Gasteiger partial charge in [-0.15, -0.1) is 0 Å². The Bertz CT molecular complexity index is 1250. The molecule has 0 bridgehead atoms. The maximum absolute atomic E-state index is 12.9. The molecule has 0 aliphatic carbocycles. The summed E-state index contributed by atoms with van der Waals surface area (Å²) >= 11 is 0. The van der Waals surface area contributed by atoms with Gasteiger partial charge < -0.3 is 19.0 Å². The topological polar surface area (TPSA) is 92.6 Å². The summed E-state index contributed by atoms with van der Waals surface area (Å²) < 4.78 is 10.6. The zero-order valence-electron chi connectivity index (χ0n) is 16.6. The number of ether oxygens (including phenoxy) is 1. The van der Waals surface area contributed by atoms with Crippen molar-refractivity contribution in [2.24, 2.45) is 0 Å². The molecule has 156 valence electrons. The average Bonchev–Trinajstić information content (AvgIpc) is 3.30. The predicted octanol–water partition coefficient (Wildman–Crippen LogP) is 3.51. The van der Waals surface area contributed by atoms with Gasteiger partial charge in [0.1, 0.15) is 5.76 Å². The molecule has 7 nitrogen and oxygen atoms in total. The molecule has 0 aliphatic heterocycles. The van der Waals surface area contributed by atoms with Crippen LogP contribution in [0.3, 0.4) is 0 Å². The van der Waals surface area contributed by atoms with Crippen LogP contribution >= 0.6 is 0 Å². The van der Waals surface area contributed by atoms with Gasteiger partial charge in [-0.05, 0) is 23.8 Å². The molecule has 0 saturated heterocycles. The van der Waals surface area contributed by atoms with Crippen molar-refractivity contribution in [3.05, 3.63) is 106 Å². The molecule has 2 aromatic heterocycles. The number of carbonyl (C=O) groups is 2. The third kappa shape index (κ3) is 4.90. The Morgan fingerprint density at radius 3 is 2.48 bits per heavy atom. The van der Waals surface area contributed by atoms with Crippen molar-refractivity contribution in [2.75, 3.05) is 6.61 Å². The van der Waals surface area contributed by atoms with Crippen molar-refractivity contribution in [3.8, 4) is 0 Å². The highest BCUT2D eigenvalue weighted by atomic mass is 16.5. The molecule has 0 spiro atoms. The lowest BCUT2D eigenvalue weighted by atomic mass is 10.1. The van der Waals surface area contributed by atoms with Gasteiger partial charge >= 0.3 is 5.97 Å². The number of furan rings is 1. The normalized spacial score (nSPS) is 10.7. The summed E-state index contributed by atoms with van der Waals surface area (Å²) in [7, 11) is 0. The second-order valence-electron chi connectivity index (χ2n) is 6.98. The number of aromatic nitrogens is 1. The van der Waals surface area contributed by atoms with E-state index in [4.69, 9.17) is 9.15 Å². The Hall–Kier alpha value is -4.13. The number of benzene rings is 2. The van der Waals surface area contributed by atoms with E-state index in [-0.39, 0.29) is 18.0 Å². The first-order valence-electron chi connectivity index (χ1n) is 9.73. The zero-order chi connectivity index (χ0) is 21.6. The van der Waals surface area contributed by atoms with Gasteiger partial charge in [-0.1, -0.05) is 48.5 Å². The first-order chi connectivity index (χ1) is 15.1. The van der Waals surface area contributed by atoms with Crippen LogP contribution in [0.25, 0.3) is 10.9 Å². The lowest BCUT2D eigenvalue weighted by Crippen LogP contribution is -2.34. The Labute approximate surface area is 177 Å². The van der Waals surface area contributed by atoms with Crippen LogP contribution in [0.1, 0.15) is 21.7 Å².